The Kier molecular flexibility index (Phi) is 5.36. The van der Waals surface area contributed by atoms with Gasteiger partial charge in [0.05, 0.1) is 6.54 Å². The Bertz CT molecular complexity index is 1040. The second-order valence-electron chi connectivity index (χ2n) is 8.69. The largest absolute Gasteiger partial charge is 0.419 e. The molecule has 1 aliphatic heterocycles. The first-order chi connectivity index (χ1) is 15.4. The molecule has 1 aromatic heterocycles. The van der Waals surface area contributed by atoms with Crippen LogP contribution in [0, 0.1) is 0 Å². The zero-order valence-corrected chi connectivity index (χ0v) is 18.3. The third-order valence-corrected chi connectivity index (χ3v) is 6.68. The molecule has 1 saturated heterocycles. The average molecular weight is 458 g/mol. The van der Waals surface area contributed by atoms with Gasteiger partial charge < -0.3 is 14.6 Å². The van der Waals surface area contributed by atoms with Crippen LogP contribution < -0.4 is 5.32 Å². The summed E-state index contributed by atoms with van der Waals surface area (Å²) in [4.78, 5) is 41.0. The van der Waals surface area contributed by atoms with Crippen molar-refractivity contribution in [3.8, 4) is 11.5 Å². The van der Waals surface area contributed by atoms with Gasteiger partial charge in [0.1, 0.15) is 5.54 Å². The summed E-state index contributed by atoms with van der Waals surface area (Å²) in [6, 6.07) is 6.79. The maximum absolute atomic E-state index is 13.0. The number of aromatic nitrogens is 2. The van der Waals surface area contributed by atoms with Crippen molar-refractivity contribution in [2.24, 2.45) is 0 Å². The lowest BCUT2D eigenvalue weighted by Gasteiger charge is -2.22. The minimum atomic E-state index is -0.752. The molecule has 2 aliphatic carbocycles. The van der Waals surface area contributed by atoms with Crippen LogP contribution >= 0.6 is 11.6 Å². The number of nitrogens with zero attached hydrogens (tertiary/aromatic N) is 4. The minimum Gasteiger partial charge on any atom is -0.419 e. The first kappa shape index (κ1) is 20.9. The second-order valence-corrected chi connectivity index (χ2v) is 9.12. The van der Waals surface area contributed by atoms with E-state index >= 15 is 0 Å². The van der Waals surface area contributed by atoms with Gasteiger partial charge in [-0.05, 0) is 49.9 Å². The molecule has 5 rings (SSSR count). The van der Waals surface area contributed by atoms with E-state index in [2.05, 4.69) is 15.5 Å². The Balaban J connectivity index is 1.22. The number of imide groups is 1. The molecular formula is C22H24ClN5O4. The van der Waals surface area contributed by atoms with E-state index in [4.69, 9.17) is 16.0 Å². The predicted molar refractivity (Wildman–Crippen MR) is 114 cm³/mol. The number of hydrogen-bond acceptors (Lipinski definition) is 6. The monoisotopic (exact) mass is 457 g/mol. The van der Waals surface area contributed by atoms with Crippen molar-refractivity contribution in [2.75, 3.05) is 6.54 Å². The molecule has 32 heavy (non-hydrogen) atoms. The maximum Gasteiger partial charge on any atom is 0.325 e. The van der Waals surface area contributed by atoms with Gasteiger partial charge >= 0.3 is 6.03 Å². The minimum absolute atomic E-state index is 0.0733. The fourth-order valence-corrected chi connectivity index (χ4v) is 4.65. The van der Waals surface area contributed by atoms with Crippen LogP contribution in [0.25, 0.3) is 11.5 Å². The van der Waals surface area contributed by atoms with E-state index in [1.807, 2.05) is 0 Å². The third-order valence-electron chi connectivity index (χ3n) is 6.42. The zero-order valence-electron chi connectivity index (χ0n) is 17.6. The van der Waals surface area contributed by atoms with E-state index < -0.39 is 11.6 Å². The summed E-state index contributed by atoms with van der Waals surface area (Å²) in [7, 11) is 0. The lowest BCUT2D eigenvalue weighted by molar-refractivity contribution is -0.134. The highest BCUT2D eigenvalue weighted by Crippen LogP contribution is 2.35. The van der Waals surface area contributed by atoms with Crippen LogP contribution in [0.3, 0.4) is 0 Å². The molecule has 0 bridgehead atoms. The van der Waals surface area contributed by atoms with Crippen molar-refractivity contribution < 1.29 is 18.8 Å². The van der Waals surface area contributed by atoms with Crippen molar-refractivity contribution in [2.45, 2.75) is 63.1 Å². The van der Waals surface area contributed by atoms with Crippen molar-refractivity contribution in [3.63, 3.8) is 0 Å². The lowest BCUT2D eigenvalue weighted by Crippen LogP contribution is -2.44. The molecule has 168 valence electrons. The molecule has 1 aromatic carbocycles. The van der Waals surface area contributed by atoms with E-state index in [9.17, 15) is 14.4 Å². The number of carbonyl (C=O) groups is 3. The summed E-state index contributed by atoms with van der Waals surface area (Å²) in [6.45, 7) is 0.280. The number of hydrogen-bond donors (Lipinski definition) is 1. The molecule has 3 aliphatic rings. The van der Waals surface area contributed by atoms with Crippen LogP contribution in [0.2, 0.25) is 5.02 Å². The van der Waals surface area contributed by atoms with E-state index in [1.54, 1.807) is 29.2 Å². The normalized spacial score (nSPS) is 19.6. The molecule has 0 unspecified atom stereocenters. The van der Waals surface area contributed by atoms with Gasteiger partial charge in [0.15, 0.2) is 0 Å². The standard InChI is InChI=1S/C22H24ClN5O4/c23-15-5-3-14(4-6-15)19-26-25-17(32-19)13-28(16-7-8-16)18(29)9-12-27-20(30)22(24-21(27)31)10-1-2-11-22/h3-6,16H,1-2,7-13H2,(H,24,31). The highest BCUT2D eigenvalue weighted by atomic mass is 35.5. The van der Waals surface area contributed by atoms with Crippen LogP contribution in [0.1, 0.15) is 50.8 Å². The van der Waals surface area contributed by atoms with Crippen LogP contribution in [0.5, 0.6) is 0 Å². The van der Waals surface area contributed by atoms with Crippen LogP contribution in [0.15, 0.2) is 28.7 Å². The summed E-state index contributed by atoms with van der Waals surface area (Å²) in [5.74, 6) is 0.373. The van der Waals surface area contributed by atoms with Crippen molar-refractivity contribution in [1.29, 1.82) is 0 Å². The Morgan fingerprint density at radius 1 is 1.19 bits per heavy atom. The van der Waals surface area contributed by atoms with Gasteiger partial charge in [-0.1, -0.05) is 24.4 Å². The first-order valence-corrected chi connectivity index (χ1v) is 11.3. The third kappa shape index (κ3) is 3.97. The van der Waals surface area contributed by atoms with Gasteiger partial charge in [-0.25, -0.2) is 4.79 Å². The highest BCUT2D eigenvalue weighted by molar-refractivity contribution is 6.30. The molecule has 1 spiro atoms. The number of carbonyl (C=O) groups excluding carboxylic acids is 3. The summed E-state index contributed by atoms with van der Waals surface area (Å²) in [5, 5.41) is 11.6. The molecule has 9 nitrogen and oxygen atoms in total. The van der Waals surface area contributed by atoms with Gasteiger partial charge in [0.2, 0.25) is 17.7 Å². The summed E-state index contributed by atoms with van der Waals surface area (Å²) in [5.41, 5.74) is -0.00477. The first-order valence-electron chi connectivity index (χ1n) is 11.0. The molecule has 2 saturated carbocycles. The Labute approximate surface area is 190 Å². The van der Waals surface area contributed by atoms with Crippen LogP contribution in [-0.2, 0) is 16.1 Å². The van der Waals surface area contributed by atoms with Gasteiger partial charge in [0.25, 0.3) is 5.91 Å². The number of nitrogens with one attached hydrogen (secondary N) is 1. The fourth-order valence-electron chi connectivity index (χ4n) is 4.53. The van der Waals surface area contributed by atoms with E-state index in [0.717, 1.165) is 31.2 Å². The number of urea groups is 1. The summed E-state index contributed by atoms with van der Waals surface area (Å²) in [6.07, 6.45) is 5.09. The molecular weight excluding hydrogens is 434 g/mol. The quantitative estimate of drug-likeness (QED) is 0.640. The van der Waals surface area contributed by atoms with Crippen LogP contribution in [-0.4, -0.2) is 56.0 Å². The van der Waals surface area contributed by atoms with Gasteiger partial charge in [-0.2, -0.15) is 0 Å². The van der Waals surface area contributed by atoms with Gasteiger partial charge in [0, 0.05) is 29.6 Å². The smallest absolute Gasteiger partial charge is 0.325 e. The fraction of sp³-hybridized carbons (Fsp3) is 0.500. The predicted octanol–water partition coefficient (Wildman–Crippen LogP) is 3.14. The second kappa shape index (κ2) is 8.20. The number of rotatable bonds is 7. The molecule has 0 atom stereocenters. The Hall–Kier alpha value is -2.94. The molecule has 1 N–H and O–H groups in total. The molecule has 4 amide bonds. The van der Waals surface area contributed by atoms with E-state index in [0.29, 0.717) is 29.6 Å². The van der Waals surface area contributed by atoms with E-state index in [-0.39, 0.29) is 37.4 Å². The molecule has 2 heterocycles. The zero-order chi connectivity index (χ0) is 22.3. The lowest BCUT2D eigenvalue weighted by atomic mass is 9.98. The van der Waals surface area contributed by atoms with Crippen LogP contribution in [0.4, 0.5) is 4.79 Å². The SMILES string of the molecule is O=C1NC2(CCCC2)C(=O)N1CCC(=O)N(Cc1nnc(-c2ccc(Cl)cc2)o1)C1CC1. The number of amides is 4. The maximum atomic E-state index is 13.0. The summed E-state index contributed by atoms with van der Waals surface area (Å²) >= 11 is 5.92. The van der Waals surface area contributed by atoms with Crippen molar-refractivity contribution in [1.82, 2.24) is 25.3 Å². The van der Waals surface area contributed by atoms with Gasteiger partial charge in [-0.3, -0.25) is 14.5 Å². The molecule has 0 radical (unpaired) electrons. The highest BCUT2D eigenvalue weighted by Gasteiger charge is 2.52. The topological polar surface area (TPSA) is 109 Å². The average Bonchev–Trinajstić information content (AvgIpc) is 3.23. The molecule has 2 aromatic rings. The Morgan fingerprint density at radius 3 is 2.59 bits per heavy atom. The number of benzene rings is 1. The molecule has 3 fully saturated rings. The Morgan fingerprint density at radius 2 is 1.91 bits per heavy atom. The molecule has 10 heteroatoms. The van der Waals surface area contributed by atoms with Crippen molar-refractivity contribution in [3.05, 3.63) is 35.2 Å². The van der Waals surface area contributed by atoms with Crippen molar-refractivity contribution >= 4 is 29.4 Å². The van der Waals surface area contributed by atoms with E-state index in [1.165, 1.54) is 4.90 Å². The number of halogens is 1. The summed E-state index contributed by atoms with van der Waals surface area (Å²) < 4.78 is 5.76. The van der Waals surface area contributed by atoms with Gasteiger partial charge in [-0.15, -0.1) is 10.2 Å².